The van der Waals surface area contributed by atoms with Crippen LogP contribution in [0, 0.1) is 0 Å². The van der Waals surface area contributed by atoms with Crippen LogP contribution in [-0.2, 0) is 6.54 Å². The van der Waals surface area contributed by atoms with Crippen LogP contribution in [0.5, 0.6) is 0 Å². The summed E-state index contributed by atoms with van der Waals surface area (Å²) in [4.78, 5) is 2.37. The third kappa shape index (κ3) is 5.45. The molecule has 0 aromatic carbocycles. The van der Waals surface area contributed by atoms with E-state index >= 15 is 0 Å². The molecule has 1 atom stereocenters. The molecule has 0 saturated carbocycles. The molecule has 4 heteroatoms. The van der Waals surface area contributed by atoms with Crippen LogP contribution in [0.15, 0.2) is 12.1 Å². The van der Waals surface area contributed by atoms with Gasteiger partial charge in [-0.15, -0.1) is 5.10 Å². The summed E-state index contributed by atoms with van der Waals surface area (Å²) in [7, 11) is 0. The van der Waals surface area contributed by atoms with Crippen molar-refractivity contribution < 1.29 is 0 Å². The summed E-state index contributed by atoms with van der Waals surface area (Å²) in [6.07, 6.45) is 4.68. The van der Waals surface area contributed by atoms with Gasteiger partial charge in [0, 0.05) is 19.1 Å². The van der Waals surface area contributed by atoms with Crippen LogP contribution in [0.2, 0.25) is 0 Å². The third-order valence-electron chi connectivity index (χ3n) is 3.61. The molecule has 0 aliphatic carbocycles. The molecule has 0 amide bonds. The van der Waals surface area contributed by atoms with E-state index in [2.05, 4.69) is 60.2 Å². The predicted molar refractivity (Wildman–Crippen MR) is 86.0 cm³/mol. The van der Waals surface area contributed by atoms with Gasteiger partial charge >= 0.3 is 0 Å². The molecule has 1 heterocycles. The van der Waals surface area contributed by atoms with Crippen molar-refractivity contribution in [1.82, 2.24) is 15.5 Å². The largest absolute Gasteiger partial charge is 0.352 e. The molecule has 20 heavy (non-hydrogen) atoms. The molecular weight excluding hydrogens is 248 g/mol. The SMILES string of the molecule is CCCCN(c1ccc(CNCCC)nn1)C(C)CC. The van der Waals surface area contributed by atoms with Gasteiger partial charge < -0.3 is 10.2 Å². The van der Waals surface area contributed by atoms with Gasteiger partial charge in [0.25, 0.3) is 0 Å². The molecule has 4 nitrogen and oxygen atoms in total. The fourth-order valence-corrected chi connectivity index (χ4v) is 2.10. The number of nitrogens with one attached hydrogen (secondary N) is 1. The molecule has 1 rings (SSSR count). The number of hydrogen-bond donors (Lipinski definition) is 1. The van der Waals surface area contributed by atoms with E-state index in [1.54, 1.807) is 0 Å². The lowest BCUT2D eigenvalue weighted by molar-refractivity contribution is 0.584. The van der Waals surface area contributed by atoms with Gasteiger partial charge in [0.1, 0.15) is 0 Å². The summed E-state index contributed by atoms with van der Waals surface area (Å²) >= 11 is 0. The Morgan fingerprint density at radius 1 is 1.15 bits per heavy atom. The molecule has 1 N–H and O–H groups in total. The second-order valence-corrected chi connectivity index (χ2v) is 5.36. The highest BCUT2D eigenvalue weighted by Crippen LogP contribution is 2.16. The fourth-order valence-electron chi connectivity index (χ4n) is 2.10. The zero-order chi connectivity index (χ0) is 14.8. The summed E-state index contributed by atoms with van der Waals surface area (Å²) in [5.74, 6) is 1.01. The highest BCUT2D eigenvalue weighted by Gasteiger charge is 2.14. The molecule has 0 spiro atoms. The van der Waals surface area contributed by atoms with E-state index < -0.39 is 0 Å². The molecule has 1 aromatic rings. The van der Waals surface area contributed by atoms with E-state index in [1.165, 1.54) is 12.8 Å². The Balaban J connectivity index is 2.66. The van der Waals surface area contributed by atoms with Crippen molar-refractivity contribution >= 4 is 5.82 Å². The lowest BCUT2D eigenvalue weighted by Crippen LogP contribution is -2.34. The molecule has 0 fully saturated rings. The molecule has 0 bridgehead atoms. The van der Waals surface area contributed by atoms with Crippen molar-refractivity contribution in [2.45, 2.75) is 66.0 Å². The zero-order valence-electron chi connectivity index (χ0n) is 13.5. The predicted octanol–water partition coefficient (Wildman–Crippen LogP) is 3.38. The number of rotatable bonds is 10. The molecule has 114 valence electrons. The van der Waals surface area contributed by atoms with E-state index in [9.17, 15) is 0 Å². The summed E-state index contributed by atoms with van der Waals surface area (Å²) < 4.78 is 0. The second kappa shape index (κ2) is 9.70. The molecule has 0 radical (unpaired) electrons. The topological polar surface area (TPSA) is 41.0 Å². The van der Waals surface area contributed by atoms with Gasteiger partial charge in [0.2, 0.25) is 0 Å². The standard InChI is InChI=1S/C16H30N4/c1-5-8-12-20(14(4)7-3)16-10-9-15(18-19-16)13-17-11-6-2/h9-10,14,17H,5-8,11-13H2,1-4H3. The number of aromatic nitrogens is 2. The lowest BCUT2D eigenvalue weighted by atomic mass is 10.2. The fraction of sp³-hybridized carbons (Fsp3) is 0.750. The summed E-state index contributed by atoms with van der Waals surface area (Å²) in [5.41, 5.74) is 1.02. The van der Waals surface area contributed by atoms with Gasteiger partial charge in [-0.3, -0.25) is 0 Å². The van der Waals surface area contributed by atoms with E-state index in [0.717, 1.165) is 44.0 Å². The van der Waals surface area contributed by atoms with Gasteiger partial charge in [0.15, 0.2) is 5.82 Å². The van der Waals surface area contributed by atoms with Gasteiger partial charge in [-0.1, -0.05) is 27.2 Å². The Labute approximate surface area is 124 Å². The van der Waals surface area contributed by atoms with Crippen LogP contribution < -0.4 is 10.2 Å². The Morgan fingerprint density at radius 2 is 1.95 bits per heavy atom. The normalized spacial score (nSPS) is 12.4. The molecular formula is C16H30N4. The van der Waals surface area contributed by atoms with Crippen LogP contribution in [0.25, 0.3) is 0 Å². The van der Waals surface area contributed by atoms with E-state index in [4.69, 9.17) is 0 Å². The van der Waals surface area contributed by atoms with Gasteiger partial charge in [0.05, 0.1) is 5.69 Å². The zero-order valence-corrected chi connectivity index (χ0v) is 13.5. The summed E-state index contributed by atoms with van der Waals surface area (Å²) in [5, 5.41) is 12.1. The van der Waals surface area contributed by atoms with Crippen molar-refractivity contribution in [1.29, 1.82) is 0 Å². The Hall–Kier alpha value is -1.16. The first-order valence-electron chi connectivity index (χ1n) is 8.02. The first-order valence-corrected chi connectivity index (χ1v) is 8.02. The van der Waals surface area contributed by atoms with Gasteiger partial charge in [-0.2, -0.15) is 5.10 Å². The van der Waals surface area contributed by atoms with Crippen molar-refractivity contribution in [2.75, 3.05) is 18.0 Å². The monoisotopic (exact) mass is 278 g/mol. The smallest absolute Gasteiger partial charge is 0.151 e. The van der Waals surface area contributed by atoms with Crippen LogP contribution >= 0.6 is 0 Å². The van der Waals surface area contributed by atoms with Gasteiger partial charge in [-0.05, 0) is 44.9 Å². The van der Waals surface area contributed by atoms with Crippen molar-refractivity contribution in [3.05, 3.63) is 17.8 Å². The molecule has 0 saturated heterocycles. The highest BCUT2D eigenvalue weighted by atomic mass is 15.3. The minimum atomic E-state index is 0.514. The maximum absolute atomic E-state index is 4.42. The Bertz CT molecular complexity index is 350. The number of anilines is 1. The van der Waals surface area contributed by atoms with E-state index in [-0.39, 0.29) is 0 Å². The minimum absolute atomic E-state index is 0.514. The lowest BCUT2D eigenvalue weighted by Gasteiger charge is -2.29. The van der Waals surface area contributed by atoms with Crippen LogP contribution in [0.1, 0.15) is 59.1 Å². The average molecular weight is 278 g/mol. The van der Waals surface area contributed by atoms with E-state index in [1.807, 2.05) is 0 Å². The highest BCUT2D eigenvalue weighted by molar-refractivity contribution is 5.38. The van der Waals surface area contributed by atoms with Crippen molar-refractivity contribution in [3.8, 4) is 0 Å². The first-order chi connectivity index (χ1) is 9.72. The summed E-state index contributed by atoms with van der Waals surface area (Å²) in [6.45, 7) is 11.8. The number of hydrogen-bond acceptors (Lipinski definition) is 4. The quantitative estimate of drug-likeness (QED) is 0.666. The average Bonchev–Trinajstić information content (AvgIpc) is 2.49. The molecule has 1 unspecified atom stereocenters. The third-order valence-corrected chi connectivity index (χ3v) is 3.61. The summed E-state index contributed by atoms with van der Waals surface area (Å²) in [6, 6.07) is 4.71. The Morgan fingerprint density at radius 3 is 2.50 bits per heavy atom. The number of unbranched alkanes of at least 4 members (excludes halogenated alkanes) is 1. The maximum atomic E-state index is 4.42. The minimum Gasteiger partial charge on any atom is -0.352 e. The maximum Gasteiger partial charge on any atom is 0.151 e. The number of nitrogens with zero attached hydrogens (tertiary/aromatic N) is 3. The van der Waals surface area contributed by atoms with Crippen LogP contribution in [0.3, 0.4) is 0 Å². The van der Waals surface area contributed by atoms with Gasteiger partial charge in [-0.25, -0.2) is 0 Å². The Kier molecular flexibility index (Phi) is 8.19. The molecule has 1 aromatic heterocycles. The van der Waals surface area contributed by atoms with E-state index in [0.29, 0.717) is 6.04 Å². The van der Waals surface area contributed by atoms with Crippen LogP contribution in [0.4, 0.5) is 5.82 Å². The second-order valence-electron chi connectivity index (χ2n) is 5.36. The van der Waals surface area contributed by atoms with Crippen LogP contribution in [-0.4, -0.2) is 29.3 Å². The molecule has 0 aliphatic rings. The van der Waals surface area contributed by atoms with Crippen molar-refractivity contribution in [3.63, 3.8) is 0 Å². The van der Waals surface area contributed by atoms with Crippen molar-refractivity contribution in [2.24, 2.45) is 0 Å². The molecule has 0 aliphatic heterocycles. The first kappa shape index (κ1) is 16.9.